The monoisotopic (exact) mass is 355 g/mol. The summed E-state index contributed by atoms with van der Waals surface area (Å²) in [5, 5.41) is 14.5. The van der Waals surface area contributed by atoms with E-state index in [9.17, 15) is 0 Å². The number of nitrogens with one attached hydrogen (secondary N) is 2. The molecule has 0 atom stereocenters. The lowest BCUT2D eigenvalue weighted by Crippen LogP contribution is -2.31. The normalized spacial score (nSPS) is 10.9. The van der Waals surface area contributed by atoms with Crippen molar-refractivity contribution in [3.05, 3.63) is 59.6 Å². The van der Waals surface area contributed by atoms with Crippen LogP contribution in [0.15, 0.2) is 59.1 Å². The molecule has 0 aliphatic rings. The molecule has 0 aliphatic heterocycles. The van der Waals surface area contributed by atoms with Gasteiger partial charge in [0.15, 0.2) is 5.11 Å². The fourth-order valence-corrected chi connectivity index (χ4v) is 3.09. The van der Waals surface area contributed by atoms with Gasteiger partial charge in [-0.2, -0.15) is 10.2 Å². The van der Waals surface area contributed by atoms with E-state index in [0.717, 1.165) is 28.4 Å². The van der Waals surface area contributed by atoms with Gasteiger partial charge in [-0.1, -0.05) is 24.3 Å². The molecular weight excluding hydrogens is 338 g/mol. The molecule has 3 aromatic rings. The maximum atomic E-state index is 5.11. The molecule has 0 saturated heterocycles. The Kier molecular flexibility index (Phi) is 5.35. The quantitative estimate of drug-likeness (QED) is 0.418. The Bertz CT molecular complexity index is 822. The predicted octanol–water partition coefficient (Wildman–Crippen LogP) is 3.42. The first-order valence-electron chi connectivity index (χ1n) is 7.54. The molecule has 0 unspecified atom stereocenters. The van der Waals surface area contributed by atoms with Crippen LogP contribution in [0.4, 0.5) is 0 Å². The van der Waals surface area contributed by atoms with Crippen molar-refractivity contribution in [3.8, 4) is 16.3 Å². The molecule has 0 bridgehead atoms. The van der Waals surface area contributed by atoms with Crippen LogP contribution in [-0.2, 0) is 0 Å². The summed E-state index contributed by atoms with van der Waals surface area (Å²) in [4.78, 5) is 1.10. The Hall–Kier alpha value is -2.51. The number of aromatic nitrogens is 2. The van der Waals surface area contributed by atoms with Gasteiger partial charge in [-0.25, -0.2) is 4.68 Å². The fourth-order valence-electron chi connectivity index (χ4n) is 2.16. The van der Waals surface area contributed by atoms with Crippen molar-refractivity contribution in [2.24, 2.45) is 5.10 Å². The fraction of sp³-hybridized carbons (Fsp3) is 0.118. The van der Waals surface area contributed by atoms with Crippen molar-refractivity contribution in [1.82, 2.24) is 20.5 Å². The van der Waals surface area contributed by atoms with E-state index in [1.165, 1.54) is 0 Å². The maximum Gasteiger partial charge on any atom is 0.186 e. The number of hydrazone groups is 1. The average molecular weight is 355 g/mol. The minimum absolute atomic E-state index is 0.502. The van der Waals surface area contributed by atoms with E-state index >= 15 is 0 Å². The molecule has 5 nitrogen and oxygen atoms in total. The Morgan fingerprint density at radius 3 is 2.83 bits per heavy atom. The molecular formula is C17H17N5S2. The van der Waals surface area contributed by atoms with E-state index in [0.29, 0.717) is 5.11 Å². The number of benzene rings is 1. The first-order chi connectivity index (χ1) is 11.8. The second kappa shape index (κ2) is 7.85. The van der Waals surface area contributed by atoms with Gasteiger partial charge in [0.1, 0.15) is 5.69 Å². The first kappa shape index (κ1) is 16.4. The lowest BCUT2D eigenvalue weighted by molar-refractivity contribution is 0.885. The number of rotatable bonds is 5. The molecule has 0 fully saturated rings. The summed E-state index contributed by atoms with van der Waals surface area (Å²) in [6, 6.07) is 14.1. The van der Waals surface area contributed by atoms with Crippen LogP contribution in [0.5, 0.6) is 0 Å². The van der Waals surface area contributed by atoms with Crippen LogP contribution in [0.25, 0.3) is 16.3 Å². The first-order valence-corrected chi connectivity index (χ1v) is 8.82. The topological polar surface area (TPSA) is 54.2 Å². The molecule has 0 radical (unpaired) electrons. The lowest BCUT2D eigenvalue weighted by atomic mass is 10.2. The van der Waals surface area contributed by atoms with E-state index in [1.807, 2.05) is 59.6 Å². The molecule has 2 heterocycles. The number of thiocarbonyl (C=S) groups is 1. The molecule has 1 aromatic carbocycles. The highest BCUT2D eigenvalue weighted by atomic mass is 32.1. The van der Waals surface area contributed by atoms with Gasteiger partial charge in [-0.3, -0.25) is 5.43 Å². The van der Waals surface area contributed by atoms with Crippen LogP contribution in [0.3, 0.4) is 0 Å². The van der Waals surface area contributed by atoms with E-state index < -0.39 is 0 Å². The summed E-state index contributed by atoms with van der Waals surface area (Å²) in [5.74, 6) is 0. The standard InChI is InChI=1S/C17H17N5S2/c1-2-18-17(23)20-19-11-13-12-22(14-7-4-3-5-8-14)21-16(13)15-9-6-10-24-15/h3-12H,2H2,1H3,(H2,18,20,23). The number of hydrogen-bond acceptors (Lipinski definition) is 4. The third-order valence-electron chi connectivity index (χ3n) is 3.22. The SMILES string of the molecule is CCNC(=S)NN=Cc1cn(-c2ccccc2)nc1-c1cccs1. The van der Waals surface area contributed by atoms with Gasteiger partial charge in [0.2, 0.25) is 0 Å². The minimum Gasteiger partial charge on any atom is -0.362 e. The largest absolute Gasteiger partial charge is 0.362 e. The summed E-state index contributed by atoms with van der Waals surface area (Å²) in [6.45, 7) is 2.74. The summed E-state index contributed by atoms with van der Waals surface area (Å²) in [6.07, 6.45) is 3.71. The Labute approximate surface area is 150 Å². The summed E-state index contributed by atoms with van der Waals surface area (Å²) >= 11 is 6.76. The molecule has 0 saturated carbocycles. The van der Waals surface area contributed by atoms with Gasteiger partial charge in [0.25, 0.3) is 0 Å². The highest BCUT2D eigenvalue weighted by molar-refractivity contribution is 7.80. The zero-order valence-electron chi connectivity index (χ0n) is 13.1. The van der Waals surface area contributed by atoms with Crippen LogP contribution in [-0.4, -0.2) is 27.7 Å². The van der Waals surface area contributed by atoms with E-state index in [-0.39, 0.29) is 0 Å². The average Bonchev–Trinajstić information content (AvgIpc) is 3.25. The Morgan fingerprint density at radius 1 is 1.29 bits per heavy atom. The molecule has 7 heteroatoms. The van der Waals surface area contributed by atoms with E-state index in [4.69, 9.17) is 17.3 Å². The predicted molar refractivity (Wildman–Crippen MR) is 104 cm³/mol. The highest BCUT2D eigenvalue weighted by Gasteiger charge is 2.11. The smallest absolute Gasteiger partial charge is 0.186 e. The van der Waals surface area contributed by atoms with Crippen LogP contribution in [0.1, 0.15) is 12.5 Å². The molecule has 0 aliphatic carbocycles. The molecule has 122 valence electrons. The Morgan fingerprint density at radius 2 is 2.12 bits per heavy atom. The second-order valence-electron chi connectivity index (χ2n) is 4.92. The summed E-state index contributed by atoms with van der Waals surface area (Å²) in [5.41, 5.74) is 5.64. The van der Waals surface area contributed by atoms with Crippen molar-refractivity contribution in [2.75, 3.05) is 6.54 Å². The molecule has 2 N–H and O–H groups in total. The number of para-hydroxylation sites is 1. The summed E-state index contributed by atoms with van der Waals surface area (Å²) < 4.78 is 1.86. The van der Waals surface area contributed by atoms with Crippen LogP contribution >= 0.6 is 23.6 Å². The maximum absolute atomic E-state index is 5.11. The number of thiophene rings is 1. The van der Waals surface area contributed by atoms with Crippen LogP contribution in [0.2, 0.25) is 0 Å². The van der Waals surface area contributed by atoms with E-state index in [2.05, 4.69) is 21.9 Å². The molecule has 0 amide bonds. The van der Waals surface area contributed by atoms with Crippen molar-refractivity contribution in [1.29, 1.82) is 0 Å². The third kappa shape index (κ3) is 3.87. The molecule has 2 aromatic heterocycles. The highest BCUT2D eigenvalue weighted by Crippen LogP contribution is 2.26. The number of nitrogens with zero attached hydrogens (tertiary/aromatic N) is 3. The van der Waals surface area contributed by atoms with E-state index in [1.54, 1.807) is 17.6 Å². The minimum atomic E-state index is 0.502. The zero-order chi connectivity index (χ0) is 16.8. The van der Waals surface area contributed by atoms with Crippen molar-refractivity contribution in [2.45, 2.75) is 6.92 Å². The van der Waals surface area contributed by atoms with Gasteiger partial charge in [-0.15, -0.1) is 11.3 Å². The van der Waals surface area contributed by atoms with Gasteiger partial charge in [0.05, 0.1) is 16.8 Å². The molecule has 3 rings (SSSR count). The van der Waals surface area contributed by atoms with Crippen molar-refractivity contribution >= 4 is 34.9 Å². The summed E-state index contributed by atoms with van der Waals surface area (Å²) in [7, 11) is 0. The zero-order valence-corrected chi connectivity index (χ0v) is 14.8. The van der Waals surface area contributed by atoms with Gasteiger partial charge >= 0.3 is 0 Å². The number of hydrogen-bond donors (Lipinski definition) is 2. The van der Waals surface area contributed by atoms with Crippen molar-refractivity contribution in [3.63, 3.8) is 0 Å². The lowest BCUT2D eigenvalue weighted by Gasteiger charge is -2.02. The van der Waals surface area contributed by atoms with Crippen molar-refractivity contribution < 1.29 is 0 Å². The van der Waals surface area contributed by atoms with Crippen LogP contribution < -0.4 is 10.7 Å². The van der Waals surface area contributed by atoms with Gasteiger partial charge in [0, 0.05) is 18.3 Å². The second-order valence-corrected chi connectivity index (χ2v) is 6.28. The van der Waals surface area contributed by atoms with Gasteiger partial charge in [-0.05, 0) is 42.7 Å². The molecule has 0 spiro atoms. The Balaban J connectivity index is 1.90. The van der Waals surface area contributed by atoms with Crippen LogP contribution in [0, 0.1) is 0 Å². The van der Waals surface area contributed by atoms with Gasteiger partial charge < -0.3 is 5.32 Å². The molecule has 24 heavy (non-hydrogen) atoms. The third-order valence-corrected chi connectivity index (χ3v) is 4.34.